The van der Waals surface area contributed by atoms with Crippen LogP contribution >= 0.6 is 22.9 Å². The van der Waals surface area contributed by atoms with E-state index in [0.717, 1.165) is 15.3 Å². The first-order valence-corrected chi connectivity index (χ1v) is 9.05. The molecule has 26 heavy (non-hydrogen) atoms. The van der Waals surface area contributed by atoms with E-state index in [0.29, 0.717) is 31.2 Å². The van der Waals surface area contributed by atoms with Gasteiger partial charge >= 0.3 is 5.88 Å². The zero-order chi connectivity index (χ0) is 18.3. The van der Waals surface area contributed by atoms with Crippen LogP contribution in [0, 0.1) is 10.1 Å². The fourth-order valence-electron chi connectivity index (χ4n) is 2.82. The Morgan fingerprint density at radius 1 is 1.23 bits per heavy atom. The molecule has 0 bridgehead atoms. The summed E-state index contributed by atoms with van der Waals surface area (Å²) in [6, 6.07) is 8.12. The summed E-state index contributed by atoms with van der Waals surface area (Å²) in [6.07, 6.45) is 0. The molecule has 0 spiro atoms. The molecule has 0 aliphatic carbocycles. The number of furan rings is 1. The summed E-state index contributed by atoms with van der Waals surface area (Å²) >= 11 is 7.58. The minimum absolute atomic E-state index is 0.0141. The molecule has 1 aromatic carbocycles. The summed E-state index contributed by atoms with van der Waals surface area (Å²) in [4.78, 5) is 30.8. The van der Waals surface area contributed by atoms with Crippen molar-refractivity contribution in [2.45, 2.75) is 0 Å². The lowest BCUT2D eigenvalue weighted by Gasteiger charge is -2.34. The molecule has 3 aromatic rings. The summed E-state index contributed by atoms with van der Waals surface area (Å²) in [5.41, 5.74) is 0.899. The summed E-state index contributed by atoms with van der Waals surface area (Å²) in [6.45, 7) is 2.23. The van der Waals surface area contributed by atoms with E-state index >= 15 is 0 Å². The monoisotopic (exact) mass is 392 g/mol. The van der Waals surface area contributed by atoms with E-state index < -0.39 is 10.8 Å². The maximum absolute atomic E-state index is 12.4. The Morgan fingerprint density at radius 3 is 2.69 bits per heavy atom. The summed E-state index contributed by atoms with van der Waals surface area (Å²) in [5.74, 6) is -0.784. The molecule has 10 heteroatoms. The Kier molecular flexibility index (Phi) is 4.25. The molecule has 0 unspecified atom stereocenters. The van der Waals surface area contributed by atoms with Crippen LogP contribution in [0.5, 0.6) is 0 Å². The number of piperazine rings is 1. The van der Waals surface area contributed by atoms with Gasteiger partial charge in [0.1, 0.15) is 4.92 Å². The molecule has 0 N–H and O–H groups in total. The van der Waals surface area contributed by atoms with Crippen molar-refractivity contribution in [2.75, 3.05) is 31.1 Å². The molecule has 0 saturated carbocycles. The van der Waals surface area contributed by atoms with Gasteiger partial charge < -0.3 is 14.2 Å². The number of halogens is 1. The second-order valence-electron chi connectivity index (χ2n) is 5.78. The number of nitrogens with zero attached hydrogens (tertiary/aromatic N) is 4. The Morgan fingerprint density at radius 2 is 2.00 bits per heavy atom. The second kappa shape index (κ2) is 6.58. The van der Waals surface area contributed by atoms with Gasteiger partial charge in [0.25, 0.3) is 5.91 Å². The van der Waals surface area contributed by atoms with Gasteiger partial charge in [-0.25, -0.2) is 4.98 Å². The van der Waals surface area contributed by atoms with E-state index in [9.17, 15) is 14.9 Å². The molecule has 1 saturated heterocycles. The van der Waals surface area contributed by atoms with Gasteiger partial charge in [-0.15, -0.1) is 0 Å². The molecule has 1 aliphatic rings. The highest BCUT2D eigenvalue weighted by molar-refractivity contribution is 7.22. The molecular formula is C16H13ClN4O4S. The lowest BCUT2D eigenvalue weighted by atomic mass is 10.3. The number of aromatic nitrogens is 1. The van der Waals surface area contributed by atoms with Gasteiger partial charge in [0, 0.05) is 31.2 Å². The third-order valence-corrected chi connectivity index (χ3v) is 5.47. The van der Waals surface area contributed by atoms with Crippen molar-refractivity contribution in [2.24, 2.45) is 0 Å². The summed E-state index contributed by atoms with van der Waals surface area (Å²) < 4.78 is 6.02. The summed E-state index contributed by atoms with van der Waals surface area (Å²) in [5, 5.41) is 12.2. The summed E-state index contributed by atoms with van der Waals surface area (Å²) in [7, 11) is 0. The van der Waals surface area contributed by atoms with Gasteiger partial charge in [0.05, 0.1) is 16.3 Å². The molecular weight excluding hydrogens is 380 g/mol. The molecule has 4 rings (SSSR count). The van der Waals surface area contributed by atoms with Crippen LogP contribution in [0.15, 0.2) is 34.7 Å². The van der Waals surface area contributed by atoms with E-state index in [-0.39, 0.29) is 11.7 Å². The van der Waals surface area contributed by atoms with Gasteiger partial charge in [0.2, 0.25) is 0 Å². The molecule has 1 amide bonds. The quantitative estimate of drug-likeness (QED) is 0.501. The van der Waals surface area contributed by atoms with Crippen LogP contribution in [0.4, 0.5) is 11.0 Å². The Bertz CT molecular complexity index is 993. The van der Waals surface area contributed by atoms with E-state index in [1.807, 2.05) is 18.2 Å². The highest BCUT2D eigenvalue weighted by atomic mass is 35.5. The maximum Gasteiger partial charge on any atom is 0.433 e. The fourth-order valence-corrected chi connectivity index (χ4v) is 4.11. The Hall–Kier alpha value is -2.65. The molecule has 1 fully saturated rings. The number of rotatable bonds is 3. The first-order valence-electron chi connectivity index (χ1n) is 7.86. The fraction of sp³-hybridized carbons (Fsp3) is 0.250. The van der Waals surface area contributed by atoms with Crippen molar-refractivity contribution in [1.82, 2.24) is 9.88 Å². The Balaban J connectivity index is 1.44. The Labute approximate surface area is 156 Å². The lowest BCUT2D eigenvalue weighted by molar-refractivity contribution is -0.402. The van der Waals surface area contributed by atoms with Crippen molar-refractivity contribution >= 4 is 50.1 Å². The molecule has 0 atom stereocenters. The topological polar surface area (TPSA) is 92.7 Å². The van der Waals surface area contributed by atoms with E-state index in [1.165, 1.54) is 12.1 Å². The number of hydrogen-bond acceptors (Lipinski definition) is 7. The molecule has 1 aliphatic heterocycles. The van der Waals surface area contributed by atoms with Crippen LogP contribution in [0.3, 0.4) is 0 Å². The predicted molar refractivity (Wildman–Crippen MR) is 98.1 cm³/mol. The van der Waals surface area contributed by atoms with Crippen molar-refractivity contribution in [3.05, 3.63) is 51.2 Å². The third kappa shape index (κ3) is 3.11. The number of amides is 1. The van der Waals surface area contributed by atoms with Crippen molar-refractivity contribution < 1.29 is 14.1 Å². The zero-order valence-electron chi connectivity index (χ0n) is 13.4. The average Bonchev–Trinajstić information content (AvgIpc) is 3.28. The molecule has 3 heterocycles. The molecule has 134 valence electrons. The molecule has 2 aromatic heterocycles. The number of benzene rings is 1. The number of nitro groups is 1. The minimum atomic E-state index is -0.659. The highest BCUT2D eigenvalue weighted by Gasteiger charge is 2.27. The van der Waals surface area contributed by atoms with Crippen LogP contribution in [0.2, 0.25) is 5.02 Å². The van der Waals surface area contributed by atoms with E-state index in [1.54, 1.807) is 16.2 Å². The smallest absolute Gasteiger partial charge is 0.395 e. The number of fused-ring (bicyclic) bond motifs is 1. The zero-order valence-corrected chi connectivity index (χ0v) is 15.0. The number of hydrogen-bond donors (Lipinski definition) is 0. The average molecular weight is 393 g/mol. The highest BCUT2D eigenvalue weighted by Crippen LogP contribution is 2.31. The standard InChI is InChI=1S/C16H13ClN4O4S/c17-10-1-2-11-13(9-10)26-16(18-11)20-7-5-19(6-8-20)15(22)12-3-4-14(25-12)21(23)24/h1-4,9H,5-8H2. The van der Waals surface area contributed by atoms with Crippen LogP contribution in [-0.4, -0.2) is 46.9 Å². The van der Waals surface area contributed by atoms with E-state index in [4.69, 9.17) is 16.0 Å². The number of anilines is 1. The maximum atomic E-state index is 12.4. The SMILES string of the molecule is O=C(c1ccc([N+](=O)[O-])o1)N1CCN(c2nc3ccc(Cl)cc3s2)CC1. The van der Waals surface area contributed by atoms with Crippen LogP contribution < -0.4 is 4.90 Å². The number of carbonyl (C=O) groups excluding carboxylic acids is 1. The van der Waals surface area contributed by atoms with Crippen LogP contribution in [0.1, 0.15) is 10.6 Å². The second-order valence-corrected chi connectivity index (χ2v) is 7.23. The van der Waals surface area contributed by atoms with Crippen LogP contribution in [-0.2, 0) is 0 Å². The van der Waals surface area contributed by atoms with Crippen molar-refractivity contribution in [3.63, 3.8) is 0 Å². The van der Waals surface area contributed by atoms with Crippen LogP contribution in [0.25, 0.3) is 10.2 Å². The normalized spacial score (nSPS) is 14.8. The molecule has 0 radical (unpaired) electrons. The minimum Gasteiger partial charge on any atom is -0.395 e. The van der Waals surface area contributed by atoms with Crippen molar-refractivity contribution in [1.29, 1.82) is 0 Å². The predicted octanol–water partition coefficient (Wildman–Crippen LogP) is 3.41. The van der Waals surface area contributed by atoms with E-state index in [2.05, 4.69) is 9.88 Å². The third-order valence-electron chi connectivity index (χ3n) is 4.16. The van der Waals surface area contributed by atoms with Gasteiger partial charge in [0.15, 0.2) is 10.9 Å². The van der Waals surface area contributed by atoms with Gasteiger partial charge in [-0.2, -0.15) is 0 Å². The number of carbonyl (C=O) groups is 1. The first kappa shape index (κ1) is 16.8. The largest absolute Gasteiger partial charge is 0.433 e. The van der Waals surface area contributed by atoms with Gasteiger partial charge in [-0.3, -0.25) is 14.9 Å². The lowest BCUT2D eigenvalue weighted by Crippen LogP contribution is -2.48. The van der Waals surface area contributed by atoms with Crippen molar-refractivity contribution in [3.8, 4) is 0 Å². The first-order chi connectivity index (χ1) is 12.5. The number of thiazole rings is 1. The van der Waals surface area contributed by atoms with Gasteiger partial charge in [-0.05, 0) is 24.3 Å². The van der Waals surface area contributed by atoms with Gasteiger partial charge in [-0.1, -0.05) is 22.9 Å². The molecule has 8 nitrogen and oxygen atoms in total.